The van der Waals surface area contributed by atoms with Crippen LogP contribution in [0.3, 0.4) is 0 Å². The van der Waals surface area contributed by atoms with Crippen molar-refractivity contribution < 1.29 is 14.7 Å². The van der Waals surface area contributed by atoms with Crippen LogP contribution in [0.15, 0.2) is 18.5 Å². The molecule has 6 nitrogen and oxygen atoms in total. The molecular weight excluding hydrogens is 294 g/mol. The lowest BCUT2D eigenvalue weighted by molar-refractivity contribution is -0.122. The van der Waals surface area contributed by atoms with Crippen LogP contribution in [0.1, 0.15) is 36.0 Å². The van der Waals surface area contributed by atoms with Gasteiger partial charge in [-0.25, -0.2) is 0 Å². The molecule has 128 valence electrons. The Morgan fingerprint density at radius 2 is 1.70 bits per heavy atom. The summed E-state index contributed by atoms with van der Waals surface area (Å²) in [5, 5.41) is 6.89. The summed E-state index contributed by atoms with van der Waals surface area (Å²) in [6.45, 7) is -0.250. The molecule has 3 rings (SSSR count). The second-order valence-corrected chi connectivity index (χ2v) is 6.86. The first-order valence-electron chi connectivity index (χ1n) is 8.12. The van der Waals surface area contributed by atoms with Crippen molar-refractivity contribution in [3.63, 3.8) is 0 Å². The van der Waals surface area contributed by atoms with Crippen molar-refractivity contribution in [2.45, 2.75) is 37.8 Å². The maximum Gasteiger partial charge on any atom is 0.290 e. The van der Waals surface area contributed by atoms with Crippen LogP contribution in [-0.4, -0.2) is 65.5 Å². The van der Waals surface area contributed by atoms with Gasteiger partial charge in [0.1, 0.15) is 0 Å². The smallest absolute Gasteiger partial charge is 0.290 e. The highest BCUT2D eigenvalue weighted by molar-refractivity contribution is 5.94. The average Bonchev–Trinajstić information content (AvgIpc) is 3.21. The van der Waals surface area contributed by atoms with E-state index < -0.39 is 0 Å². The molecule has 4 atom stereocenters. The van der Waals surface area contributed by atoms with Crippen molar-refractivity contribution >= 4 is 12.4 Å². The van der Waals surface area contributed by atoms with Crippen LogP contribution >= 0.6 is 0 Å². The molecule has 1 aromatic rings. The molecule has 0 radical (unpaired) electrons. The molecule has 6 heteroatoms. The van der Waals surface area contributed by atoms with Gasteiger partial charge in [0.2, 0.25) is 0 Å². The van der Waals surface area contributed by atoms with E-state index in [-0.39, 0.29) is 12.4 Å². The number of nitrogens with zero attached hydrogens (tertiary/aromatic N) is 2. The van der Waals surface area contributed by atoms with Crippen LogP contribution in [0, 0.1) is 11.8 Å². The van der Waals surface area contributed by atoms with Crippen molar-refractivity contribution in [2.75, 3.05) is 21.1 Å². The fourth-order valence-electron chi connectivity index (χ4n) is 4.12. The van der Waals surface area contributed by atoms with E-state index >= 15 is 0 Å². The van der Waals surface area contributed by atoms with Gasteiger partial charge < -0.3 is 19.9 Å². The topological polar surface area (TPSA) is 76.6 Å². The van der Waals surface area contributed by atoms with E-state index in [1.807, 2.05) is 24.2 Å². The van der Waals surface area contributed by atoms with E-state index in [0.717, 1.165) is 23.4 Å². The van der Waals surface area contributed by atoms with E-state index in [9.17, 15) is 4.79 Å². The summed E-state index contributed by atoms with van der Waals surface area (Å²) in [5.41, 5.74) is 0.774. The molecular formula is C17H27N3O3. The minimum atomic E-state index is -0.250. The molecule has 2 aliphatic rings. The molecule has 23 heavy (non-hydrogen) atoms. The second kappa shape index (κ2) is 7.64. The minimum absolute atomic E-state index is 0.153. The molecule has 1 amide bonds. The molecule has 2 fully saturated rings. The first-order valence-corrected chi connectivity index (χ1v) is 8.12. The highest BCUT2D eigenvalue weighted by Gasteiger charge is 2.44. The number of carboxylic acid groups (broad SMARTS) is 1. The monoisotopic (exact) mass is 321 g/mol. The van der Waals surface area contributed by atoms with Gasteiger partial charge in [-0.3, -0.25) is 9.59 Å². The third-order valence-corrected chi connectivity index (χ3v) is 5.41. The van der Waals surface area contributed by atoms with Crippen LogP contribution < -0.4 is 0 Å². The number of aromatic amines is 1. The summed E-state index contributed by atoms with van der Waals surface area (Å²) in [6, 6.07) is 3.03. The fourth-order valence-corrected chi connectivity index (χ4v) is 4.12. The van der Waals surface area contributed by atoms with E-state index in [1.54, 1.807) is 6.20 Å². The van der Waals surface area contributed by atoms with Gasteiger partial charge in [0.25, 0.3) is 12.4 Å². The number of carbonyl (C=O) groups excluding carboxylic acids is 1. The van der Waals surface area contributed by atoms with Crippen molar-refractivity contribution in [3.05, 3.63) is 24.0 Å². The minimum Gasteiger partial charge on any atom is -0.483 e. The number of hydrogen-bond donors (Lipinski definition) is 2. The van der Waals surface area contributed by atoms with Gasteiger partial charge in [0, 0.05) is 31.5 Å². The lowest BCUT2D eigenvalue weighted by atomic mass is 10.0. The van der Waals surface area contributed by atoms with E-state index in [0.29, 0.717) is 6.04 Å². The first-order chi connectivity index (χ1) is 11.0. The van der Waals surface area contributed by atoms with Crippen LogP contribution in [0.25, 0.3) is 0 Å². The number of aromatic nitrogens is 1. The molecule has 0 saturated heterocycles. The third-order valence-electron chi connectivity index (χ3n) is 5.41. The number of hydrogen-bond acceptors (Lipinski definition) is 3. The van der Waals surface area contributed by atoms with Gasteiger partial charge in [0.15, 0.2) is 0 Å². The number of nitrogens with one attached hydrogen (secondary N) is 1. The van der Waals surface area contributed by atoms with Crippen LogP contribution in [0.4, 0.5) is 0 Å². The summed E-state index contributed by atoms with van der Waals surface area (Å²) < 4.78 is 0. The quantitative estimate of drug-likeness (QED) is 0.834. The zero-order valence-corrected chi connectivity index (χ0v) is 14.1. The number of H-pyrrole nitrogens is 1. The Morgan fingerprint density at radius 1 is 1.17 bits per heavy atom. The van der Waals surface area contributed by atoms with Crippen molar-refractivity contribution in [3.8, 4) is 0 Å². The van der Waals surface area contributed by atoms with Gasteiger partial charge in [-0.1, -0.05) is 0 Å². The Bertz CT molecular complexity index is 501. The molecule has 1 heterocycles. The van der Waals surface area contributed by atoms with Crippen molar-refractivity contribution in [1.29, 1.82) is 0 Å². The Labute approximate surface area is 137 Å². The SMILES string of the molecule is CN(C)C1C[C@@H]2CC(N(C)C(=O)c3cc[nH]c3)C[C@@H]2C1.O=CO. The van der Waals surface area contributed by atoms with Gasteiger partial charge >= 0.3 is 0 Å². The normalized spacial score (nSPS) is 28.9. The van der Waals surface area contributed by atoms with Crippen molar-refractivity contribution in [1.82, 2.24) is 14.8 Å². The summed E-state index contributed by atoms with van der Waals surface area (Å²) in [7, 11) is 6.33. The van der Waals surface area contributed by atoms with Crippen LogP contribution in [0.2, 0.25) is 0 Å². The summed E-state index contributed by atoms with van der Waals surface area (Å²) in [5.74, 6) is 1.78. The first kappa shape index (κ1) is 17.5. The van der Waals surface area contributed by atoms with E-state index in [1.165, 1.54) is 25.7 Å². The molecule has 1 aromatic heterocycles. The van der Waals surface area contributed by atoms with Gasteiger partial charge in [-0.05, 0) is 57.7 Å². The van der Waals surface area contributed by atoms with E-state index in [2.05, 4.69) is 24.0 Å². The number of amides is 1. The molecule has 0 bridgehead atoms. The number of carbonyl (C=O) groups is 2. The van der Waals surface area contributed by atoms with Gasteiger partial charge in [-0.2, -0.15) is 0 Å². The molecule has 2 unspecified atom stereocenters. The highest BCUT2D eigenvalue weighted by Crippen LogP contribution is 2.46. The van der Waals surface area contributed by atoms with Crippen LogP contribution in [-0.2, 0) is 4.79 Å². The van der Waals surface area contributed by atoms with E-state index in [4.69, 9.17) is 9.90 Å². The predicted octanol–water partition coefficient (Wildman–Crippen LogP) is 1.91. The summed E-state index contributed by atoms with van der Waals surface area (Å²) >= 11 is 0. The zero-order valence-electron chi connectivity index (χ0n) is 14.1. The lowest BCUT2D eigenvalue weighted by Gasteiger charge is -2.26. The lowest BCUT2D eigenvalue weighted by Crippen LogP contribution is -2.36. The summed E-state index contributed by atoms with van der Waals surface area (Å²) in [4.78, 5) is 28.0. The number of rotatable bonds is 3. The largest absolute Gasteiger partial charge is 0.483 e. The molecule has 0 aliphatic heterocycles. The van der Waals surface area contributed by atoms with Crippen molar-refractivity contribution in [2.24, 2.45) is 11.8 Å². The Hall–Kier alpha value is -1.82. The fraction of sp³-hybridized carbons (Fsp3) is 0.647. The zero-order chi connectivity index (χ0) is 17.0. The molecule has 2 aliphatic carbocycles. The Balaban J connectivity index is 0.000000595. The molecule has 0 aromatic carbocycles. The summed E-state index contributed by atoms with van der Waals surface area (Å²) in [6.07, 6.45) is 8.58. The van der Waals surface area contributed by atoms with Crippen LogP contribution in [0.5, 0.6) is 0 Å². The van der Waals surface area contributed by atoms with Gasteiger partial charge in [-0.15, -0.1) is 0 Å². The molecule has 0 spiro atoms. The average molecular weight is 321 g/mol. The highest BCUT2D eigenvalue weighted by atomic mass is 16.3. The number of fused-ring (bicyclic) bond motifs is 1. The second-order valence-electron chi connectivity index (χ2n) is 6.86. The maximum absolute atomic E-state index is 12.4. The Morgan fingerprint density at radius 3 is 2.13 bits per heavy atom. The molecule has 2 saturated carbocycles. The molecule has 2 N–H and O–H groups in total. The Kier molecular flexibility index (Phi) is 5.82. The maximum atomic E-state index is 12.4. The predicted molar refractivity (Wildman–Crippen MR) is 88.3 cm³/mol. The standard InChI is InChI=1S/C16H25N3O.CH2O2/c1-18(2)14-6-12-8-15(9-13(12)7-14)19(3)16(20)11-4-5-17-10-11;2-1-3/h4-5,10,12-15,17H,6-9H2,1-3H3;1H,(H,2,3)/t12-,13+,14?,15?;. The third kappa shape index (κ3) is 3.93. The van der Waals surface area contributed by atoms with Gasteiger partial charge in [0.05, 0.1) is 5.56 Å².